The van der Waals surface area contributed by atoms with Crippen molar-refractivity contribution in [2.75, 3.05) is 26.2 Å². The fourth-order valence-corrected chi connectivity index (χ4v) is 3.57. The summed E-state index contributed by atoms with van der Waals surface area (Å²) in [5.41, 5.74) is 2.27. The lowest BCUT2D eigenvalue weighted by atomic mass is 10.2. The van der Waals surface area contributed by atoms with Gasteiger partial charge < -0.3 is 14.3 Å². The molecule has 3 aromatic rings. The summed E-state index contributed by atoms with van der Waals surface area (Å²) in [6.45, 7) is 4.60. The highest BCUT2D eigenvalue weighted by atomic mass is 16.5. The summed E-state index contributed by atoms with van der Waals surface area (Å²) in [6, 6.07) is 20.2. The smallest absolute Gasteiger partial charge is 0.227 e. The minimum absolute atomic E-state index is 0.165. The number of hydrogen-bond acceptors (Lipinski definition) is 4. The molecule has 0 bridgehead atoms. The quantitative estimate of drug-likeness (QED) is 0.709. The van der Waals surface area contributed by atoms with Gasteiger partial charge in [0.05, 0.1) is 26.2 Å². The van der Waals surface area contributed by atoms with Gasteiger partial charge in [0, 0.05) is 24.0 Å². The van der Waals surface area contributed by atoms with E-state index in [1.165, 1.54) is 10.5 Å². The number of carbonyl (C=O) groups is 1. The molecular weight excluding hydrogens is 352 g/mol. The van der Waals surface area contributed by atoms with Gasteiger partial charge in [0.15, 0.2) is 0 Å². The van der Waals surface area contributed by atoms with Gasteiger partial charge >= 0.3 is 0 Å². The van der Waals surface area contributed by atoms with Crippen LogP contribution in [-0.4, -0.2) is 47.1 Å². The SMILES string of the molecule is O=C(CCc1nc(-c2ccccc2)no1)N1CC[NH+](Cc2ccccc2)CC1. The molecule has 0 unspecified atom stereocenters. The maximum atomic E-state index is 12.5. The van der Waals surface area contributed by atoms with Crippen LogP contribution in [-0.2, 0) is 17.8 Å². The Kier molecular flexibility index (Phi) is 5.77. The molecule has 1 aromatic heterocycles. The van der Waals surface area contributed by atoms with Gasteiger partial charge in [-0.05, 0) is 0 Å². The van der Waals surface area contributed by atoms with Gasteiger partial charge in [-0.15, -0.1) is 0 Å². The largest absolute Gasteiger partial charge is 0.339 e. The van der Waals surface area contributed by atoms with Crippen molar-refractivity contribution in [3.05, 3.63) is 72.1 Å². The summed E-state index contributed by atoms with van der Waals surface area (Å²) < 4.78 is 5.30. The van der Waals surface area contributed by atoms with Gasteiger partial charge in [0.25, 0.3) is 0 Å². The molecule has 1 aliphatic heterocycles. The zero-order valence-electron chi connectivity index (χ0n) is 15.9. The van der Waals surface area contributed by atoms with Crippen molar-refractivity contribution in [1.82, 2.24) is 15.0 Å². The Morgan fingerprint density at radius 1 is 1.00 bits per heavy atom. The van der Waals surface area contributed by atoms with Crippen molar-refractivity contribution in [3.8, 4) is 11.4 Å². The van der Waals surface area contributed by atoms with Crippen LogP contribution in [0, 0.1) is 0 Å². The lowest BCUT2D eigenvalue weighted by Gasteiger charge is -2.32. The Bertz CT molecular complexity index is 887. The highest BCUT2D eigenvalue weighted by Crippen LogP contribution is 2.15. The monoisotopic (exact) mass is 377 g/mol. The van der Waals surface area contributed by atoms with Crippen LogP contribution in [0.4, 0.5) is 0 Å². The Morgan fingerprint density at radius 3 is 2.39 bits per heavy atom. The van der Waals surface area contributed by atoms with Gasteiger partial charge in [-0.25, -0.2) is 0 Å². The second kappa shape index (κ2) is 8.80. The van der Waals surface area contributed by atoms with Crippen LogP contribution < -0.4 is 4.90 Å². The summed E-state index contributed by atoms with van der Waals surface area (Å²) in [5.74, 6) is 1.25. The molecule has 2 heterocycles. The van der Waals surface area contributed by atoms with E-state index >= 15 is 0 Å². The Morgan fingerprint density at radius 2 is 1.68 bits per heavy atom. The molecule has 4 rings (SSSR count). The maximum absolute atomic E-state index is 12.5. The first kappa shape index (κ1) is 18.4. The fourth-order valence-electron chi connectivity index (χ4n) is 3.57. The molecule has 1 aliphatic rings. The number of benzene rings is 2. The van der Waals surface area contributed by atoms with Gasteiger partial charge in [-0.2, -0.15) is 4.98 Å². The van der Waals surface area contributed by atoms with Gasteiger partial charge in [-0.1, -0.05) is 65.8 Å². The second-order valence-electron chi connectivity index (χ2n) is 7.17. The van der Waals surface area contributed by atoms with E-state index in [9.17, 15) is 4.79 Å². The minimum atomic E-state index is 0.165. The molecule has 144 valence electrons. The Balaban J connectivity index is 1.23. The van der Waals surface area contributed by atoms with E-state index in [1.54, 1.807) is 0 Å². The van der Waals surface area contributed by atoms with Crippen molar-refractivity contribution in [1.29, 1.82) is 0 Å². The van der Waals surface area contributed by atoms with E-state index in [4.69, 9.17) is 4.52 Å². The van der Waals surface area contributed by atoms with Crippen LogP contribution in [0.5, 0.6) is 0 Å². The number of piperazine rings is 1. The molecule has 0 spiro atoms. The average molecular weight is 377 g/mol. The van der Waals surface area contributed by atoms with Crippen LogP contribution in [0.3, 0.4) is 0 Å². The van der Waals surface area contributed by atoms with Gasteiger partial charge in [0.1, 0.15) is 6.54 Å². The molecule has 0 aliphatic carbocycles. The van der Waals surface area contributed by atoms with E-state index < -0.39 is 0 Å². The number of hydrogen-bond donors (Lipinski definition) is 1. The van der Waals surface area contributed by atoms with Crippen molar-refractivity contribution >= 4 is 5.91 Å². The summed E-state index contributed by atoms with van der Waals surface area (Å²) in [7, 11) is 0. The molecule has 1 N–H and O–H groups in total. The molecule has 28 heavy (non-hydrogen) atoms. The molecule has 6 nitrogen and oxygen atoms in total. The number of aryl methyl sites for hydroxylation is 1. The van der Waals surface area contributed by atoms with Crippen molar-refractivity contribution in [2.45, 2.75) is 19.4 Å². The first-order valence-electron chi connectivity index (χ1n) is 9.81. The molecule has 6 heteroatoms. The first-order valence-corrected chi connectivity index (χ1v) is 9.81. The van der Waals surface area contributed by atoms with Crippen molar-refractivity contribution in [2.24, 2.45) is 0 Å². The fraction of sp³-hybridized carbons (Fsp3) is 0.318. The van der Waals surface area contributed by atoms with E-state index in [0.29, 0.717) is 24.6 Å². The predicted octanol–water partition coefficient (Wildman–Crippen LogP) is 1.60. The number of amides is 1. The van der Waals surface area contributed by atoms with Crippen molar-refractivity contribution in [3.63, 3.8) is 0 Å². The zero-order valence-corrected chi connectivity index (χ0v) is 15.9. The molecular formula is C22H25N4O2+. The first-order chi connectivity index (χ1) is 13.8. The third-order valence-corrected chi connectivity index (χ3v) is 5.17. The number of aromatic nitrogens is 2. The van der Waals surface area contributed by atoms with Crippen LogP contribution in [0.25, 0.3) is 11.4 Å². The molecule has 0 saturated carbocycles. The third-order valence-electron chi connectivity index (χ3n) is 5.17. The van der Waals surface area contributed by atoms with Crippen LogP contribution in [0.1, 0.15) is 17.9 Å². The Labute approximate surface area is 164 Å². The Hall–Kier alpha value is -2.99. The summed E-state index contributed by atoms with van der Waals surface area (Å²) >= 11 is 0. The van der Waals surface area contributed by atoms with Gasteiger partial charge in [0.2, 0.25) is 17.6 Å². The summed E-state index contributed by atoms with van der Waals surface area (Å²) in [5, 5.41) is 4.01. The number of carbonyl (C=O) groups excluding carboxylic acids is 1. The maximum Gasteiger partial charge on any atom is 0.227 e. The lowest BCUT2D eigenvalue weighted by molar-refractivity contribution is -0.917. The average Bonchev–Trinajstić information content (AvgIpc) is 3.23. The van der Waals surface area contributed by atoms with Crippen LogP contribution in [0.2, 0.25) is 0 Å². The molecule has 0 atom stereocenters. The van der Waals surface area contributed by atoms with E-state index in [2.05, 4.69) is 34.4 Å². The third kappa shape index (κ3) is 4.64. The molecule has 1 amide bonds. The molecule has 0 radical (unpaired) electrons. The van der Waals surface area contributed by atoms with E-state index in [0.717, 1.165) is 38.3 Å². The highest BCUT2D eigenvalue weighted by Gasteiger charge is 2.24. The molecule has 1 fully saturated rings. The normalized spacial score (nSPS) is 14.9. The summed E-state index contributed by atoms with van der Waals surface area (Å²) in [6.07, 6.45) is 0.889. The highest BCUT2D eigenvalue weighted by molar-refractivity contribution is 5.76. The topological polar surface area (TPSA) is 63.7 Å². The number of nitrogens with zero attached hydrogens (tertiary/aromatic N) is 3. The number of quaternary nitrogens is 1. The van der Waals surface area contributed by atoms with Crippen LogP contribution in [0.15, 0.2) is 65.2 Å². The lowest BCUT2D eigenvalue weighted by Crippen LogP contribution is -3.13. The molecule has 2 aromatic carbocycles. The van der Waals surface area contributed by atoms with E-state index in [-0.39, 0.29) is 5.91 Å². The minimum Gasteiger partial charge on any atom is -0.339 e. The number of rotatable bonds is 6. The predicted molar refractivity (Wildman–Crippen MR) is 105 cm³/mol. The number of nitrogens with one attached hydrogen (secondary N) is 1. The zero-order chi connectivity index (χ0) is 19.2. The standard InChI is InChI=1S/C22H24N4O2/c27-21(12-11-20-23-22(24-28-20)19-9-5-2-6-10-19)26-15-13-25(14-16-26)17-18-7-3-1-4-8-18/h1-10H,11-17H2/p+1. The molecule has 1 saturated heterocycles. The second-order valence-corrected chi connectivity index (χ2v) is 7.17. The van der Waals surface area contributed by atoms with E-state index in [1.807, 2.05) is 41.3 Å². The summed E-state index contributed by atoms with van der Waals surface area (Å²) in [4.78, 5) is 20.4. The van der Waals surface area contributed by atoms with Crippen molar-refractivity contribution < 1.29 is 14.2 Å². The van der Waals surface area contributed by atoms with Gasteiger partial charge in [-0.3, -0.25) is 4.79 Å². The van der Waals surface area contributed by atoms with Crippen LogP contribution >= 0.6 is 0 Å².